The number of hydrogen-bond donors (Lipinski definition) is 1. The highest BCUT2D eigenvalue weighted by molar-refractivity contribution is 5.92. The Balaban J connectivity index is 1.46. The topological polar surface area (TPSA) is 59.8 Å². The Bertz CT molecular complexity index is 1340. The number of aromatic nitrogens is 3. The second-order valence-electron chi connectivity index (χ2n) is 7.18. The van der Waals surface area contributed by atoms with Crippen molar-refractivity contribution in [1.82, 2.24) is 19.9 Å². The second kappa shape index (κ2) is 7.79. The van der Waals surface area contributed by atoms with E-state index in [-0.39, 0.29) is 5.91 Å². The summed E-state index contributed by atoms with van der Waals surface area (Å²) in [6.07, 6.45) is 1.61. The quantitative estimate of drug-likeness (QED) is 0.477. The van der Waals surface area contributed by atoms with Gasteiger partial charge in [0.05, 0.1) is 17.6 Å². The second-order valence-corrected chi connectivity index (χ2v) is 7.18. The maximum atomic E-state index is 12.4. The Morgan fingerprint density at radius 1 is 0.867 bits per heavy atom. The predicted molar refractivity (Wildman–Crippen MR) is 118 cm³/mol. The van der Waals surface area contributed by atoms with Gasteiger partial charge in [0.15, 0.2) is 0 Å². The van der Waals surface area contributed by atoms with E-state index >= 15 is 0 Å². The number of para-hydroxylation sites is 2. The molecule has 5 rings (SSSR count). The molecule has 0 atom stereocenters. The summed E-state index contributed by atoms with van der Waals surface area (Å²) in [4.78, 5) is 21.3. The Labute approximate surface area is 174 Å². The lowest BCUT2D eigenvalue weighted by Crippen LogP contribution is -2.25. The minimum absolute atomic E-state index is 0.208. The molecule has 0 aliphatic heterocycles. The maximum absolute atomic E-state index is 12.4. The number of imidazole rings is 1. The summed E-state index contributed by atoms with van der Waals surface area (Å²) < 4.78 is 2.16. The Kier molecular flexibility index (Phi) is 4.69. The molecule has 1 N–H and O–H groups in total. The molecule has 5 aromatic rings. The summed E-state index contributed by atoms with van der Waals surface area (Å²) in [5.41, 5.74) is 3.55. The lowest BCUT2D eigenvalue weighted by molar-refractivity contribution is 0.0944. The van der Waals surface area contributed by atoms with E-state index in [4.69, 9.17) is 4.98 Å². The van der Waals surface area contributed by atoms with E-state index in [9.17, 15) is 4.79 Å². The van der Waals surface area contributed by atoms with Crippen molar-refractivity contribution in [2.75, 3.05) is 0 Å². The van der Waals surface area contributed by atoms with Gasteiger partial charge in [-0.15, -0.1) is 0 Å². The van der Waals surface area contributed by atoms with Gasteiger partial charge in [0.2, 0.25) is 0 Å². The molecule has 3 aromatic carbocycles. The molecule has 146 valence electrons. The van der Waals surface area contributed by atoms with Gasteiger partial charge in [0, 0.05) is 12.7 Å². The standard InChI is InChI=1S/C25H20N4O/c30-25(22-10-5-6-14-26-22)27-16-24-28-21-9-3-4-11-23(21)29(24)17-18-12-13-19-7-1-2-8-20(19)15-18/h1-15H,16-17H2,(H,27,30). The fourth-order valence-corrected chi connectivity index (χ4v) is 3.70. The van der Waals surface area contributed by atoms with E-state index in [0.29, 0.717) is 18.8 Å². The number of rotatable bonds is 5. The highest BCUT2D eigenvalue weighted by Crippen LogP contribution is 2.21. The van der Waals surface area contributed by atoms with Gasteiger partial charge in [-0.25, -0.2) is 4.98 Å². The molecule has 0 aliphatic carbocycles. The Hall–Kier alpha value is -3.99. The Morgan fingerprint density at radius 3 is 2.53 bits per heavy atom. The van der Waals surface area contributed by atoms with Crippen molar-refractivity contribution in [2.24, 2.45) is 0 Å². The normalized spacial score (nSPS) is 11.1. The van der Waals surface area contributed by atoms with Gasteiger partial charge < -0.3 is 9.88 Å². The number of amides is 1. The van der Waals surface area contributed by atoms with E-state index in [1.807, 2.05) is 24.3 Å². The SMILES string of the molecule is O=C(NCc1nc2ccccc2n1Cc1ccc2ccccc2c1)c1ccccn1. The van der Waals surface area contributed by atoms with Crippen molar-refractivity contribution in [1.29, 1.82) is 0 Å². The minimum atomic E-state index is -0.208. The molecule has 5 nitrogen and oxygen atoms in total. The number of carbonyl (C=O) groups is 1. The summed E-state index contributed by atoms with van der Waals surface area (Å²) in [5, 5.41) is 5.38. The molecule has 0 saturated heterocycles. The first-order valence-corrected chi connectivity index (χ1v) is 9.89. The fraction of sp³-hybridized carbons (Fsp3) is 0.0800. The monoisotopic (exact) mass is 392 g/mol. The number of benzene rings is 3. The maximum Gasteiger partial charge on any atom is 0.270 e. The molecule has 0 aliphatic rings. The highest BCUT2D eigenvalue weighted by Gasteiger charge is 2.13. The zero-order chi connectivity index (χ0) is 20.3. The third-order valence-corrected chi connectivity index (χ3v) is 5.19. The summed E-state index contributed by atoms with van der Waals surface area (Å²) >= 11 is 0. The average molecular weight is 392 g/mol. The van der Waals surface area contributed by atoms with Crippen LogP contribution in [0.2, 0.25) is 0 Å². The molecule has 0 spiro atoms. The molecule has 5 heteroatoms. The lowest BCUT2D eigenvalue weighted by Gasteiger charge is -2.11. The number of carbonyl (C=O) groups excluding carboxylic acids is 1. The average Bonchev–Trinajstić information content (AvgIpc) is 3.15. The van der Waals surface area contributed by atoms with Crippen LogP contribution in [0.4, 0.5) is 0 Å². The Morgan fingerprint density at radius 2 is 1.67 bits per heavy atom. The zero-order valence-corrected chi connectivity index (χ0v) is 16.3. The van der Waals surface area contributed by atoms with Gasteiger partial charge in [0.1, 0.15) is 11.5 Å². The fourth-order valence-electron chi connectivity index (χ4n) is 3.70. The number of fused-ring (bicyclic) bond motifs is 2. The van der Waals surface area contributed by atoms with Crippen molar-refractivity contribution in [3.8, 4) is 0 Å². The van der Waals surface area contributed by atoms with Crippen LogP contribution in [0.15, 0.2) is 91.1 Å². The van der Waals surface area contributed by atoms with Gasteiger partial charge >= 0.3 is 0 Å². The first-order chi connectivity index (χ1) is 14.8. The predicted octanol–water partition coefficient (Wildman–Crippen LogP) is 4.56. The van der Waals surface area contributed by atoms with Gasteiger partial charge in [-0.3, -0.25) is 9.78 Å². The largest absolute Gasteiger partial charge is 0.343 e. The number of hydrogen-bond acceptors (Lipinski definition) is 3. The summed E-state index contributed by atoms with van der Waals surface area (Å²) in [6, 6.07) is 28.2. The van der Waals surface area contributed by atoms with E-state index in [2.05, 4.69) is 57.3 Å². The molecule has 0 fully saturated rings. The molecule has 2 heterocycles. The lowest BCUT2D eigenvalue weighted by atomic mass is 10.1. The third kappa shape index (κ3) is 3.53. The molecule has 0 radical (unpaired) electrons. The van der Waals surface area contributed by atoms with Crippen LogP contribution in [0.3, 0.4) is 0 Å². The van der Waals surface area contributed by atoms with E-state index in [0.717, 1.165) is 16.9 Å². The van der Waals surface area contributed by atoms with E-state index in [1.165, 1.54) is 16.3 Å². The summed E-state index contributed by atoms with van der Waals surface area (Å²) in [5.74, 6) is 0.605. The zero-order valence-electron chi connectivity index (χ0n) is 16.3. The van der Waals surface area contributed by atoms with Crippen LogP contribution in [0.25, 0.3) is 21.8 Å². The summed E-state index contributed by atoms with van der Waals surface area (Å²) in [7, 11) is 0. The van der Waals surface area contributed by atoms with E-state index < -0.39 is 0 Å². The molecule has 0 saturated carbocycles. The van der Waals surface area contributed by atoms with Crippen molar-refractivity contribution >= 4 is 27.7 Å². The van der Waals surface area contributed by atoms with Crippen LogP contribution in [0.1, 0.15) is 21.9 Å². The van der Waals surface area contributed by atoms with Crippen LogP contribution in [0, 0.1) is 0 Å². The smallest absolute Gasteiger partial charge is 0.270 e. The van der Waals surface area contributed by atoms with Crippen LogP contribution < -0.4 is 5.32 Å². The van der Waals surface area contributed by atoms with Crippen LogP contribution in [-0.4, -0.2) is 20.4 Å². The van der Waals surface area contributed by atoms with Crippen LogP contribution in [-0.2, 0) is 13.1 Å². The highest BCUT2D eigenvalue weighted by atomic mass is 16.1. The number of nitrogens with zero attached hydrogens (tertiary/aromatic N) is 3. The van der Waals surface area contributed by atoms with Gasteiger partial charge in [-0.2, -0.15) is 0 Å². The summed E-state index contributed by atoms with van der Waals surface area (Å²) in [6.45, 7) is 1.01. The van der Waals surface area contributed by atoms with Crippen molar-refractivity contribution in [2.45, 2.75) is 13.1 Å². The van der Waals surface area contributed by atoms with Crippen LogP contribution in [0.5, 0.6) is 0 Å². The molecule has 1 amide bonds. The number of pyridine rings is 1. The molecule has 0 unspecified atom stereocenters. The van der Waals surface area contributed by atoms with E-state index in [1.54, 1.807) is 24.4 Å². The minimum Gasteiger partial charge on any atom is -0.343 e. The van der Waals surface area contributed by atoms with Gasteiger partial charge in [0.25, 0.3) is 5.91 Å². The van der Waals surface area contributed by atoms with Crippen LogP contribution >= 0.6 is 0 Å². The molecule has 2 aromatic heterocycles. The molecule has 30 heavy (non-hydrogen) atoms. The third-order valence-electron chi connectivity index (χ3n) is 5.19. The van der Waals surface area contributed by atoms with Gasteiger partial charge in [-0.1, -0.05) is 54.6 Å². The van der Waals surface area contributed by atoms with Crippen molar-refractivity contribution in [3.63, 3.8) is 0 Å². The first kappa shape index (κ1) is 18.1. The molecular weight excluding hydrogens is 372 g/mol. The molecule has 0 bridgehead atoms. The number of nitrogens with one attached hydrogen (secondary N) is 1. The van der Waals surface area contributed by atoms with Gasteiger partial charge in [-0.05, 0) is 46.7 Å². The van der Waals surface area contributed by atoms with Crippen molar-refractivity contribution in [3.05, 3.63) is 108 Å². The van der Waals surface area contributed by atoms with Crippen molar-refractivity contribution < 1.29 is 4.79 Å². The first-order valence-electron chi connectivity index (χ1n) is 9.89. The molecular formula is C25H20N4O.